The average molecular weight is 404 g/mol. The first-order valence-electron chi connectivity index (χ1n) is 8.79. The van der Waals surface area contributed by atoms with Crippen molar-refractivity contribution in [1.29, 1.82) is 0 Å². The second-order valence-electron chi connectivity index (χ2n) is 6.53. The predicted octanol–water partition coefficient (Wildman–Crippen LogP) is 2.97. The Morgan fingerprint density at radius 1 is 1.11 bits per heavy atom. The fourth-order valence-electron chi connectivity index (χ4n) is 3.50. The van der Waals surface area contributed by atoms with Crippen molar-refractivity contribution in [2.24, 2.45) is 0 Å². The number of fused-ring (bicyclic) bond motifs is 1. The molecule has 3 aromatic rings. The van der Waals surface area contributed by atoms with Gasteiger partial charge < -0.3 is 14.7 Å². The zero-order valence-corrected chi connectivity index (χ0v) is 16.6. The molecular weight excluding hydrogens is 382 g/mol. The van der Waals surface area contributed by atoms with E-state index in [0.29, 0.717) is 28.6 Å². The van der Waals surface area contributed by atoms with Crippen molar-refractivity contribution in [3.63, 3.8) is 0 Å². The Labute approximate surface area is 169 Å². The lowest BCUT2D eigenvalue weighted by Crippen LogP contribution is -2.36. The fourth-order valence-corrected chi connectivity index (χ4v) is 3.50. The molecule has 0 N–H and O–H groups in total. The highest BCUT2D eigenvalue weighted by Crippen LogP contribution is 2.33. The lowest BCUT2D eigenvalue weighted by molar-refractivity contribution is -0.808. The van der Waals surface area contributed by atoms with E-state index in [0.717, 1.165) is 30.8 Å². The number of ether oxygens (including phenoxy) is 2. The monoisotopic (exact) mass is 403 g/mol. The standard InChI is InChI=1S/C20H21N3O4.ClH/c1-25-18-10-15-8-9-22(12-16(15)11-19(18)26-2)13-17-20(21-27-23(17)24)14-6-4-3-5-7-14;/h3-7,10-11H,8-9,12-13H2,1-2H3;1H. The third-order valence-electron chi connectivity index (χ3n) is 4.92. The third-order valence-corrected chi connectivity index (χ3v) is 4.92. The van der Waals surface area contributed by atoms with E-state index in [1.54, 1.807) is 14.2 Å². The lowest BCUT2D eigenvalue weighted by Gasteiger charge is -2.28. The van der Waals surface area contributed by atoms with Crippen molar-refractivity contribution in [1.82, 2.24) is 10.1 Å². The van der Waals surface area contributed by atoms with Crippen LogP contribution in [0.15, 0.2) is 47.1 Å². The van der Waals surface area contributed by atoms with Crippen LogP contribution >= 0.6 is 12.4 Å². The SMILES string of the molecule is COc1cc2c(cc1OC)CN(Cc1c(-c3ccccc3)no[n+]1[O-])CC2.Cl. The van der Waals surface area contributed by atoms with Gasteiger partial charge in [0, 0.05) is 23.8 Å². The first-order valence-corrected chi connectivity index (χ1v) is 8.79. The molecule has 4 rings (SSSR count). The maximum absolute atomic E-state index is 12.1. The van der Waals surface area contributed by atoms with Gasteiger partial charge in [-0.25, -0.2) is 0 Å². The number of methoxy groups -OCH3 is 2. The summed E-state index contributed by atoms with van der Waals surface area (Å²) < 4.78 is 15.7. The maximum atomic E-state index is 12.1. The van der Waals surface area contributed by atoms with Crippen molar-refractivity contribution in [3.05, 3.63) is 64.5 Å². The molecule has 0 unspecified atom stereocenters. The smallest absolute Gasteiger partial charge is 0.252 e. The van der Waals surface area contributed by atoms with E-state index in [1.165, 1.54) is 11.1 Å². The largest absolute Gasteiger partial charge is 0.493 e. The third kappa shape index (κ3) is 3.76. The molecule has 2 heterocycles. The summed E-state index contributed by atoms with van der Waals surface area (Å²) in [5.41, 5.74) is 4.39. The Kier molecular flexibility index (Phi) is 6.06. The summed E-state index contributed by atoms with van der Waals surface area (Å²) in [6.45, 7) is 2.02. The number of nitrogens with zero attached hydrogens (tertiary/aromatic N) is 3. The molecule has 0 spiro atoms. The van der Waals surface area contributed by atoms with E-state index < -0.39 is 0 Å². The van der Waals surface area contributed by atoms with Crippen LogP contribution in [0, 0.1) is 5.21 Å². The highest BCUT2D eigenvalue weighted by atomic mass is 35.5. The normalized spacial score (nSPS) is 13.5. The molecule has 0 fully saturated rings. The molecule has 0 amide bonds. The minimum absolute atomic E-state index is 0. The highest BCUT2D eigenvalue weighted by molar-refractivity contribution is 5.85. The van der Waals surface area contributed by atoms with Gasteiger partial charge in [-0.1, -0.05) is 30.3 Å². The van der Waals surface area contributed by atoms with E-state index in [2.05, 4.69) is 10.1 Å². The van der Waals surface area contributed by atoms with Crippen LogP contribution in [0.1, 0.15) is 16.8 Å². The summed E-state index contributed by atoms with van der Waals surface area (Å²) in [7, 11) is 3.28. The molecule has 0 saturated heterocycles. The fraction of sp³-hybridized carbons (Fsp3) is 0.300. The summed E-state index contributed by atoms with van der Waals surface area (Å²) >= 11 is 0. The topological polar surface area (TPSA) is 74.7 Å². The number of hydrogen-bond acceptors (Lipinski definition) is 6. The van der Waals surface area contributed by atoms with E-state index >= 15 is 0 Å². The zero-order valence-electron chi connectivity index (χ0n) is 15.8. The van der Waals surface area contributed by atoms with Crippen LogP contribution in [0.4, 0.5) is 0 Å². The summed E-state index contributed by atoms with van der Waals surface area (Å²) in [6, 6.07) is 13.6. The van der Waals surface area contributed by atoms with Gasteiger partial charge in [-0.2, -0.15) is 0 Å². The molecule has 8 heteroatoms. The molecule has 1 aliphatic heterocycles. The van der Waals surface area contributed by atoms with Crippen LogP contribution in [-0.2, 0) is 19.5 Å². The van der Waals surface area contributed by atoms with Crippen LogP contribution in [0.5, 0.6) is 11.5 Å². The van der Waals surface area contributed by atoms with Crippen LogP contribution in [0.2, 0.25) is 0 Å². The second-order valence-corrected chi connectivity index (χ2v) is 6.53. The first kappa shape index (κ1) is 20.0. The minimum atomic E-state index is 0. The molecule has 0 radical (unpaired) electrons. The molecule has 0 saturated carbocycles. The van der Waals surface area contributed by atoms with Gasteiger partial charge >= 0.3 is 0 Å². The first-order chi connectivity index (χ1) is 13.2. The van der Waals surface area contributed by atoms with E-state index in [9.17, 15) is 5.21 Å². The molecule has 7 nitrogen and oxygen atoms in total. The maximum Gasteiger partial charge on any atom is 0.252 e. The number of hydrogen-bond donors (Lipinski definition) is 0. The number of aromatic nitrogens is 2. The van der Waals surface area contributed by atoms with Crippen molar-refractivity contribution < 1.29 is 19.0 Å². The van der Waals surface area contributed by atoms with Crippen LogP contribution < -0.4 is 14.4 Å². The molecule has 0 atom stereocenters. The van der Waals surface area contributed by atoms with E-state index in [4.69, 9.17) is 14.1 Å². The molecule has 1 aromatic heterocycles. The van der Waals surface area contributed by atoms with Gasteiger partial charge in [0.05, 0.1) is 20.8 Å². The average Bonchev–Trinajstić information content (AvgIpc) is 3.07. The van der Waals surface area contributed by atoms with Gasteiger partial charge in [-0.3, -0.25) is 9.53 Å². The molecule has 28 heavy (non-hydrogen) atoms. The van der Waals surface area contributed by atoms with Gasteiger partial charge in [-0.15, -0.1) is 12.4 Å². The Bertz CT molecular complexity index is 946. The van der Waals surface area contributed by atoms with E-state index in [-0.39, 0.29) is 12.4 Å². The number of benzene rings is 2. The molecule has 0 aliphatic carbocycles. The highest BCUT2D eigenvalue weighted by Gasteiger charge is 2.26. The summed E-state index contributed by atoms with van der Waals surface area (Å²) in [5, 5.41) is 16.1. The minimum Gasteiger partial charge on any atom is -0.493 e. The van der Waals surface area contributed by atoms with Crippen LogP contribution in [0.25, 0.3) is 11.3 Å². The molecule has 148 valence electrons. The molecule has 2 aromatic carbocycles. The number of halogens is 1. The van der Waals surface area contributed by atoms with Crippen molar-refractivity contribution >= 4 is 12.4 Å². The second kappa shape index (κ2) is 8.50. The molecule has 1 aliphatic rings. The van der Waals surface area contributed by atoms with Gasteiger partial charge in [0.1, 0.15) is 0 Å². The van der Waals surface area contributed by atoms with Gasteiger partial charge in [0.15, 0.2) is 11.5 Å². The van der Waals surface area contributed by atoms with Gasteiger partial charge in [0.2, 0.25) is 5.69 Å². The summed E-state index contributed by atoms with van der Waals surface area (Å²) in [5.74, 6) is 1.46. The quantitative estimate of drug-likeness (QED) is 0.610. The van der Waals surface area contributed by atoms with Crippen molar-refractivity contribution in [2.45, 2.75) is 19.5 Å². The van der Waals surface area contributed by atoms with E-state index in [1.807, 2.05) is 42.5 Å². The Hall–Kier alpha value is -2.77. The van der Waals surface area contributed by atoms with Gasteiger partial charge in [0.25, 0.3) is 5.69 Å². The van der Waals surface area contributed by atoms with Crippen molar-refractivity contribution in [2.75, 3.05) is 20.8 Å². The van der Waals surface area contributed by atoms with Crippen LogP contribution in [0.3, 0.4) is 0 Å². The number of rotatable bonds is 5. The lowest BCUT2D eigenvalue weighted by atomic mass is 9.98. The molecular formula is C20H22ClN3O4. The zero-order chi connectivity index (χ0) is 18.8. The molecule has 0 bridgehead atoms. The van der Waals surface area contributed by atoms with Crippen LogP contribution in [-0.4, -0.2) is 30.8 Å². The van der Waals surface area contributed by atoms with Gasteiger partial charge in [-0.05, 0) is 34.6 Å². The Morgan fingerprint density at radius 2 is 1.79 bits per heavy atom. The Balaban J connectivity index is 0.00000225. The van der Waals surface area contributed by atoms with Crippen molar-refractivity contribution in [3.8, 4) is 22.8 Å². The predicted molar refractivity (Wildman–Crippen MR) is 106 cm³/mol. The summed E-state index contributed by atoms with van der Waals surface area (Å²) in [4.78, 5) is 2.72. The summed E-state index contributed by atoms with van der Waals surface area (Å²) in [6.07, 6.45) is 0.875. The Morgan fingerprint density at radius 3 is 2.46 bits per heavy atom.